The molecule has 1 spiro atoms. The zero-order valence-electron chi connectivity index (χ0n) is 17.0. The molecular weight excluding hydrogens is 372 g/mol. The minimum atomic E-state index is -1.44. The van der Waals surface area contributed by atoms with Crippen molar-refractivity contribution in [3.63, 3.8) is 0 Å². The highest BCUT2D eigenvalue weighted by molar-refractivity contribution is 6.03. The zero-order valence-corrected chi connectivity index (χ0v) is 17.0. The highest BCUT2D eigenvalue weighted by atomic mass is 16.7. The van der Waals surface area contributed by atoms with Gasteiger partial charge in [-0.25, -0.2) is 0 Å². The third-order valence-electron chi connectivity index (χ3n) is 5.83. The minimum absolute atomic E-state index is 0.198. The molecule has 1 aliphatic carbocycles. The Morgan fingerprint density at radius 2 is 1.45 bits per heavy atom. The van der Waals surface area contributed by atoms with Gasteiger partial charge in [-0.15, -0.1) is 0 Å². The summed E-state index contributed by atoms with van der Waals surface area (Å²) in [6.45, 7) is 3.13. The van der Waals surface area contributed by atoms with E-state index in [9.17, 15) is 9.59 Å². The molecule has 2 aromatic rings. The van der Waals surface area contributed by atoms with Crippen LogP contribution < -0.4 is 9.47 Å². The highest BCUT2D eigenvalue weighted by Gasteiger charge is 2.62. The van der Waals surface area contributed by atoms with Gasteiger partial charge in [0.2, 0.25) is 0 Å². The Morgan fingerprint density at radius 1 is 0.862 bits per heavy atom. The standard InChI is InChI=1S/C23H24O6/c1-22(2)28-20(24)23(21(25)29-22)13-16-11-18(27-4)10-7-15(16)12-19(23)14-5-8-17(26-3)9-6-14/h5-11,19H,12-13H2,1-4H3. The minimum Gasteiger partial charge on any atom is -0.497 e. The Hall–Kier alpha value is -3.02. The van der Waals surface area contributed by atoms with E-state index in [0.717, 1.165) is 16.7 Å². The molecule has 0 N–H and O–H groups in total. The molecule has 152 valence electrons. The molecule has 0 amide bonds. The summed E-state index contributed by atoms with van der Waals surface area (Å²) in [5, 5.41) is 0. The van der Waals surface area contributed by atoms with Gasteiger partial charge < -0.3 is 18.9 Å². The molecule has 0 bridgehead atoms. The zero-order chi connectivity index (χ0) is 20.8. The quantitative estimate of drug-likeness (QED) is 0.585. The Morgan fingerprint density at radius 3 is 2.03 bits per heavy atom. The summed E-state index contributed by atoms with van der Waals surface area (Å²) in [5.41, 5.74) is 1.38. The number of fused-ring (bicyclic) bond motifs is 1. The van der Waals surface area contributed by atoms with Crippen molar-refractivity contribution in [1.82, 2.24) is 0 Å². The first kappa shape index (κ1) is 19.3. The molecule has 1 fully saturated rings. The summed E-state index contributed by atoms with van der Waals surface area (Å²) in [5.74, 6) is -1.40. The predicted octanol–water partition coefficient (Wildman–Crippen LogP) is 3.41. The van der Waals surface area contributed by atoms with Crippen LogP contribution in [-0.4, -0.2) is 31.9 Å². The summed E-state index contributed by atoms with van der Waals surface area (Å²) in [4.78, 5) is 26.6. The van der Waals surface area contributed by atoms with E-state index < -0.39 is 29.1 Å². The molecule has 2 aliphatic rings. The first-order valence-corrected chi connectivity index (χ1v) is 9.56. The maximum absolute atomic E-state index is 13.3. The molecule has 1 unspecified atom stereocenters. The number of carbonyl (C=O) groups is 2. The van der Waals surface area contributed by atoms with Crippen LogP contribution in [-0.2, 0) is 31.9 Å². The first-order valence-electron chi connectivity index (χ1n) is 9.56. The van der Waals surface area contributed by atoms with Crippen molar-refractivity contribution >= 4 is 11.9 Å². The average molecular weight is 396 g/mol. The van der Waals surface area contributed by atoms with Crippen molar-refractivity contribution in [3.8, 4) is 11.5 Å². The van der Waals surface area contributed by atoms with Gasteiger partial charge in [0.15, 0.2) is 5.41 Å². The second-order valence-electron chi connectivity index (χ2n) is 7.99. The van der Waals surface area contributed by atoms with Crippen LogP contribution in [0.1, 0.15) is 36.5 Å². The van der Waals surface area contributed by atoms with E-state index in [0.29, 0.717) is 17.9 Å². The maximum atomic E-state index is 13.3. The Kier molecular flexibility index (Phi) is 4.52. The van der Waals surface area contributed by atoms with Crippen LogP contribution in [0.25, 0.3) is 0 Å². The lowest BCUT2D eigenvalue weighted by Crippen LogP contribution is -2.59. The lowest BCUT2D eigenvalue weighted by Gasteiger charge is -2.46. The fraction of sp³-hybridized carbons (Fsp3) is 0.391. The summed E-state index contributed by atoms with van der Waals surface area (Å²) >= 11 is 0. The van der Waals surface area contributed by atoms with Gasteiger partial charge in [0, 0.05) is 26.2 Å². The SMILES string of the molecule is COc1ccc(C2Cc3ccc(OC)cc3CC23C(=O)OC(C)(C)OC3=O)cc1. The predicted molar refractivity (Wildman–Crippen MR) is 105 cm³/mol. The van der Waals surface area contributed by atoms with Crippen LogP contribution in [0, 0.1) is 5.41 Å². The van der Waals surface area contributed by atoms with E-state index in [1.807, 2.05) is 42.5 Å². The van der Waals surface area contributed by atoms with Crippen molar-refractivity contribution in [1.29, 1.82) is 0 Å². The van der Waals surface area contributed by atoms with Crippen molar-refractivity contribution in [2.75, 3.05) is 14.2 Å². The van der Waals surface area contributed by atoms with E-state index in [-0.39, 0.29) is 6.42 Å². The second kappa shape index (κ2) is 6.79. The monoisotopic (exact) mass is 396 g/mol. The van der Waals surface area contributed by atoms with Gasteiger partial charge in [-0.1, -0.05) is 18.2 Å². The van der Waals surface area contributed by atoms with Crippen LogP contribution >= 0.6 is 0 Å². The number of methoxy groups -OCH3 is 2. The molecule has 1 atom stereocenters. The summed E-state index contributed by atoms with van der Waals surface area (Å²) in [7, 11) is 3.19. The molecule has 6 heteroatoms. The topological polar surface area (TPSA) is 71.1 Å². The normalized spacial score (nSPS) is 21.7. The van der Waals surface area contributed by atoms with Gasteiger partial charge in [-0.2, -0.15) is 0 Å². The number of hydrogen-bond acceptors (Lipinski definition) is 6. The van der Waals surface area contributed by atoms with Crippen molar-refractivity contribution in [2.24, 2.45) is 5.41 Å². The molecule has 0 saturated carbocycles. The molecular formula is C23H24O6. The molecule has 0 aromatic heterocycles. The average Bonchev–Trinajstić information content (AvgIpc) is 2.70. The summed E-state index contributed by atoms with van der Waals surface area (Å²) in [6.07, 6.45) is 0.709. The van der Waals surface area contributed by atoms with Gasteiger partial charge in [0.25, 0.3) is 5.79 Å². The van der Waals surface area contributed by atoms with Crippen LogP contribution in [0.3, 0.4) is 0 Å². The first-order chi connectivity index (χ1) is 13.8. The molecule has 1 aliphatic heterocycles. The third kappa shape index (κ3) is 3.12. The largest absolute Gasteiger partial charge is 0.497 e. The fourth-order valence-corrected chi connectivity index (χ4v) is 4.31. The number of rotatable bonds is 3. The number of hydrogen-bond donors (Lipinski definition) is 0. The number of carbonyl (C=O) groups excluding carboxylic acids is 2. The lowest BCUT2D eigenvalue weighted by atomic mass is 9.61. The Balaban J connectivity index is 1.85. The fourth-order valence-electron chi connectivity index (χ4n) is 4.31. The van der Waals surface area contributed by atoms with Crippen LogP contribution in [0.15, 0.2) is 42.5 Å². The number of benzene rings is 2. The molecule has 4 rings (SSSR count). The molecule has 29 heavy (non-hydrogen) atoms. The molecule has 2 aromatic carbocycles. The molecule has 1 heterocycles. The van der Waals surface area contributed by atoms with Gasteiger partial charge >= 0.3 is 11.9 Å². The lowest BCUT2D eigenvalue weighted by molar-refractivity contribution is -0.253. The van der Waals surface area contributed by atoms with Gasteiger partial charge in [-0.3, -0.25) is 9.59 Å². The van der Waals surface area contributed by atoms with Crippen molar-refractivity contribution < 1.29 is 28.5 Å². The number of esters is 2. The second-order valence-corrected chi connectivity index (χ2v) is 7.99. The molecule has 6 nitrogen and oxygen atoms in total. The van der Waals surface area contributed by atoms with Crippen molar-refractivity contribution in [3.05, 3.63) is 59.2 Å². The van der Waals surface area contributed by atoms with Crippen LogP contribution in [0.5, 0.6) is 11.5 Å². The molecule has 1 saturated heterocycles. The maximum Gasteiger partial charge on any atom is 0.327 e. The third-order valence-corrected chi connectivity index (χ3v) is 5.83. The van der Waals surface area contributed by atoms with Gasteiger partial charge in [-0.05, 0) is 47.4 Å². The number of ether oxygens (including phenoxy) is 4. The van der Waals surface area contributed by atoms with Gasteiger partial charge in [0.1, 0.15) is 11.5 Å². The Bertz CT molecular complexity index is 940. The van der Waals surface area contributed by atoms with E-state index in [1.54, 1.807) is 28.1 Å². The van der Waals surface area contributed by atoms with E-state index in [4.69, 9.17) is 18.9 Å². The van der Waals surface area contributed by atoms with E-state index >= 15 is 0 Å². The molecule has 0 radical (unpaired) electrons. The Labute approximate surface area is 169 Å². The highest BCUT2D eigenvalue weighted by Crippen LogP contribution is 2.51. The van der Waals surface area contributed by atoms with Crippen LogP contribution in [0.2, 0.25) is 0 Å². The van der Waals surface area contributed by atoms with E-state index in [2.05, 4.69) is 0 Å². The summed E-state index contributed by atoms with van der Waals surface area (Å²) < 4.78 is 21.7. The smallest absolute Gasteiger partial charge is 0.327 e. The van der Waals surface area contributed by atoms with Crippen LogP contribution in [0.4, 0.5) is 0 Å². The van der Waals surface area contributed by atoms with Crippen molar-refractivity contribution in [2.45, 2.75) is 38.4 Å². The van der Waals surface area contributed by atoms with E-state index in [1.165, 1.54) is 0 Å². The van der Waals surface area contributed by atoms with Gasteiger partial charge in [0.05, 0.1) is 14.2 Å². The summed E-state index contributed by atoms with van der Waals surface area (Å²) in [6, 6.07) is 13.2. The number of cyclic esters (lactones) is 2.